The van der Waals surface area contributed by atoms with Gasteiger partial charge in [-0.25, -0.2) is 0 Å². The van der Waals surface area contributed by atoms with Crippen LogP contribution in [0.15, 0.2) is 54.6 Å². The number of carboxylic acids is 1. The lowest BCUT2D eigenvalue weighted by atomic mass is 9.84. The number of aliphatic hydroxyl groups excluding tert-OH is 1. The summed E-state index contributed by atoms with van der Waals surface area (Å²) in [6, 6.07) is 10.2. The van der Waals surface area contributed by atoms with Gasteiger partial charge >= 0.3 is 5.97 Å². The van der Waals surface area contributed by atoms with Gasteiger partial charge in [-0.1, -0.05) is 54.6 Å². The first-order valence-electron chi connectivity index (χ1n) is 10.2. The number of fused-ring (bicyclic) bond motifs is 2. The highest BCUT2D eigenvalue weighted by atomic mass is 16.7. The molecule has 1 aromatic carbocycles. The first kappa shape index (κ1) is 20.8. The number of aryl methyl sites for hydroxylation is 1. The van der Waals surface area contributed by atoms with E-state index in [2.05, 4.69) is 18.2 Å². The van der Waals surface area contributed by atoms with Crippen LogP contribution in [0.25, 0.3) is 0 Å². The van der Waals surface area contributed by atoms with E-state index in [1.165, 1.54) is 5.56 Å². The first-order chi connectivity index (χ1) is 13.6. The smallest absolute Gasteiger partial charge is 0.303 e. The van der Waals surface area contributed by atoms with E-state index in [0.29, 0.717) is 12.8 Å². The van der Waals surface area contributed by atoms with Crippen LogP contribution in [0.3, 0.4) is 0 Å². The highest BCUT2D eigenvalue weighted by molar-refractivity contribution is 5.66. The average Bonchev–Trinajstić information content (AvgIpc) is 2.67. The third kappa shape index (κ3) is 6.30. The van der Waals surface area contributed by atoms with E-state index >= 15 is 0 Å². The minimum Gasteiger partial charge on any atom is -0.481 e. The normalized spacial score (nSPS) is 27.8. The van der Waals surface area contributed by atoms with Gasteiger partial charge in [0, 0.05) is 18.8 Å². The second kappa shape index (κ2) is 10.6. The Hall–Kier alpha value is -1.95. The number of hydrogen-bond donors (Lipinski definition) is 2. The van der Waals surface area contributed by atoms with Gasteiger partial charge in [0.25, 0.3) is 0 Å². The van der Waals surface area contributed by atoms with Crippen molar-refractivity contribution in [3.05, 3.63) is 60.2 Å². The number of benzene rings is 1. The lowest BCUT2D eigenvalue weighted by molar-refractivity contribution is -0.337. The van der Waals surface area contributed by atoms with Gasteiger partial charge < -0.3 is 19.7 Å². The van der Waals surface area contributed by atoms with Gasteiger partial charge in [-0.15, -0.1) is 0 Å². The van der Waals surface area contributed by atoms with Crippen molar-refractivity contribution in [2.45, 2.75) is 69.5 Å². The Kier molecular flexibility index (Phi) is 7.83. The van der Waals surface area contributed by atoms with Crippen LogP contribution in [0.1, 0.15) is 44.1 Å². The minimum atomic E-state index is -0.751. The van der Waals surface area contributed by atoms with Gasteiger partial charge in [0.2, 0.25) is 0 Å². The zero-order valence-corrected chi connectivity index (χ0v) is 16.2. The highest BCUT2D eigenvalue weighted by Crippen LogP contribution is 2.40. The van der Waals surface area contributed by atoms with Crippen molar-refractivity contribution in [3.8, 4) is 0 Å². The summed E-state index contributed by atoms with van der Waals surface area (Å²) in [6.07, 6.45) is 12.5. The van der Waals surface area contributed by atoms with Crippen LogP contribution >= 0.6 is 0 Å². The monoisotopic (exact) mass is 386 g/mol. The maximum atomic E-state index is 10.5. The van der Waals surface area contributed by atoms with Gasteiger partial charge in [-0.2, -0.15) is 0 Å². The fraction of sp³-hybridized carbons (Fsp3) is 0.522. The Balaban J connectivity index is 1.44. The predicted octanol–water partition coefficient (Wildman–Crippen LogP) is 3.87. The van der Waals surface area contributed by atoms with E-state index < -0.39 is 12.1 Å². The number of rotatable bonds is 11. The summed E-state index contributed by atoms with van der Waals surface area (Å²) in [6.45, 7) is 0. The largest absolute Gasteiger partial charge is 0.481 e. The summed E-state index contributed by atoms with van der Waals surface area (Å²) in [4.78, 5) is 10.5. The molecular formula is C23H30O5. The van der Waals surface area contributed by atoms with E-state index in [1.54, 1.807) is 0 Å². The fourth-order valence-electron chi connectivity index (χ4n) is 3.73. The minimum absolute atomic E-state index is 0.0486. The highest BCUT2D eigenvalue weighted by Gasteiger charge is 2.46. The molecule has 3 aliphatic rings. The molecule has 2 N–H and O–H groups in total. The molecule has 0 radical (unpaired) electrons. The van der Waals surface area contributed by atoms with Crippen LogP contribution in [0.5, 0.6) is 0 Å². The molecule has 5 atom stereocenters. The van der Waals surface area contributed by atoms with E-state index in [-0.39, 0.29) is 30.8 Å². The molecule has 1 aromatic rings. The van der Waals surface area contributed by atoms with Crippen molar-refractivity contribution in [1.29, 1.82) is 0 Å². The van der Waals surface area contributed by atoms with Crippen molar-refractivity contribution in [3.63, 3.8) is 0 Å². The Morgan fingerprint density at radius 1 is 1.21 bits per heavy atom. The van der Waals surface area contributed by atoms with E-state index in [1.807, 2.05) is 36.4 Å². The van der Waals surface area contributed by atoms with Crippen molar-refractivity contribution in [2.75, 3.05) is 0 Å². The van der Waals surface area contributed by atoms with E-state index in [4.69, 9.17) is 14.6 Å². The van der Waals surface area contributed by atoms with E-state index in [0.717, 1.165) is 25.7 Å². The van der Waals surface area contributed by atoms with Crippen molar-refractivity contribution in [1.82, 2.24) is 0 Å². The third-order valence-electron chi connectivity index (χ3n) is 5.39. The lowest BCUT2D eigenvalue weighted by Crippen LogP contribution is -2.55. The number of ether oxygens (including phenoxy) is 2. The van der Waals surface area contributed by atoms with E-state index in [9.17, 15) is 9.90 Å². The van der Waals surface area contributed by atoms with Crippen LogP contribution < -0.4 is 0 Å². The summed E-state index contributed by atoms with van der Waals surface area (Å²) in [5, 5.41) is 19.0. The molecule has 28 heavy (non-hydrogen) atoms. The SMILES string of the molecule is O=C(O)CCCC=CC[C@H]1[C@@H]2C[C@@H](O2)O[C@@H]1C=C[C@@H](O)CCc1ccccc1. The van der Waals surface area contributed by atoms with Crippen LogP contribution in [0.2, 0.25) is 0 Å². The second-order valence-electron chi connectivity index (χ2n) is 7.57. The van der Waals surface area contributed by atoms with Crippen molar-refractivity contribution in [2.24, 2.45) is 5.92 Å². The Morgan fingerprint density at radius 3 is 2.75 bits per heavy atom. The molecule has 0 amide bonds. The maximum absolute atomic E-state index is 10.5. The lowest BCUT2D eigenvalue weighted by Gasteiger charge is -2.49. The average molecular weight is 386 g/mol. The zero-order valence-electron chi connectivity index (χ0n) is 16.2. The third-order valence-corrected chi connectivity index (χ3v) is 5.39. The number of carboxylic acid groups (broad SMARTS) is 1. The molecular weight excluding hydrogens is 356 g/mol. The van der Waals surface area contributed by atoms with Gasteiger partial charge in [0.1, 0.15) is 0 Å². The number of aliphatic hydroxyl groups is 1. The van der Waals surface area contributed by atoms with Crippen LogP contribution in [-0.2, 0) is 20.7 Å². The maximum Gasteiger partial charge on any atom is 0.303 e. The summed E-state index contributed by atoms with van der Waals surface area (Å²) in [7, 11) is 0. The second-order valence-corrected chi connectivity index (χ2v) is 7.57. The molecule has 2 bridgehead atoms. The molecule has 0 spiro atoms. The number of unbranched alkanes of at least 4 members (excludes halogenated alkanes) is 1. The summed E-state index contributed by atoms with van der Waals surface area (Å²) in [5.74, 6) is -0.516. The molecule has 0 aromatic heterocycles. The van der Waals surface area contributed by atoms with Crippen LogP contribution in [0.4, 0.5) is 0 Å². The molecule has 5 nitrogen and oxygen atoms in total. The molecule has 3 heterocycles. The summed E-state index contributed by atoms with van der Waals surface area (Å²) < 4.78 is 11.7. The Morgan fingerprint density at radius 2 is 2.00 bits per heavy atom. The number of allylic oxidation sites excluding steroid dienone is 2. The topological polar surface area (TPSA) is 76.0 Å². The molecule has 4 rings (SSSR count). The Bertz CT molecular complexity index is 663. The first-order valence-corrected chi connectivity index (χ1v) is 10.2. The van der Waals surface area contributed by atoms with Crippen LogP contribution in [-0.4, -0.2) is 40.8 Å². The molecule has 0 saturated carbocycles. The van der Waals surface area contributed by atoms with Gasteiger partial charge in [-0.3, -0.25) is 4.79 Å². The Labute approximate surface area is 166 Å². The molecule has 152 valence electrons. The zero-order chi connectivity index (χ0) is 19.8. The number of aliphatic carboxylic acids is 1. The van der Waals surface area contributed by atoms with Gasteiger partial charge in [0.15, 0.2) is 6.29 Å². The number of hydrogen-bond acceptors (Lipinski definition) is 4. The molecule has 3 fully saturated rings. The molecule has 5 heteroatoms. The summed E-state index contributed by atoms with van der Waals surface area (Å²) >= 11 is 0. The van der Waals surface area contributed by atoms with Gasteiger partial charge in [-0.05, 0) is 37.7 Å². The van der Waals surface area contributed by atoms with Crippen molar-refractivity contribution >= 4 is 5.97 Å². The van der Waals surface area contributed by atoms with Crippen molar-refractivity contribution < 1.29 is 24.5 Å². The summed E-state index contributed by atoms with van der Waals surface area (Å²) in [5.41, 5.74) is 1.23. The molecule has 3 saturated heterocycles. The number of carbonyl (C=O) groups is 1. The molecule has 3 aliphatic heterocycles. The predicted molar refractivity (Wildman–Crippen MR) is 107 cm³/mol. The standard InChI is InChI=1S/C23H30O5/c24-18(13-12-17-8-4-3-5-9-17)14-15-20-19(21-16-23(27-20)28-21)10-6-1-2-7-11-22(25)26/h1,3-6,8-9,14-15,18-21,23-24H,2,7,10-13,16H2,(H,25,26)/t18-,19+,20+,21-,23+/m0/s1. The fourth-order valence-corrected chi connectivity index (χ4v) is 3.73. The van der Waals surface area contributed by atoms with Crippen LogP contribution in [0, 0.1) is 5.92 Å². The molecule has 0 aliphatic carbocycles. The van der Waals surface area contributed by atoms with Gasteiger partial charge in [0.05, 0.1) is 18.3 Å². The quantitative estimate of drug-likeness (QED) is 0.446. The molecule has 0 unspecified atom stereocenters.